The van der Waals surface area contributed by atoms with Crippen molar-refractivity contribution >= 4 is 5.69 Å². The largest absolute Gasteiger partial charge is 0.366 e. The normalized spacial score (nSPS) is 16.1. The van der Waals surface area contributed by atoms with Crippen LogP contribution in [0.2, 0.25) is 0 Å². The topological polar surface area (TPSA) is 46.8 Å². The molecule has 1 saturated heterocycles. The Morgan fingerprint density at radius 2 is 1.70 bits per heavy atom. The van der Waals surface area contributed by atoms with Crippen molar-refractivity contribution in [3.8, 4) is 0 Å². The molecule has 0 spiro atoms. The first-order valence-electron chi connectivity index (χ1n) is 7.35. The SMILES string of the molecule is CCn1cnnc1C1CCN(c2c(F)c(F)nc(F)c2F)CC1. The molecule has 9 heteroatoms. The fourth-order valence-corrected chi connectivity index (χ4v) is 2.94. The van der Waals surface area contributed by atoms with E-state index in [9.17, 15) is 17.6 Å². The Balaban J connectivity index is 1.80. The third kappa shape index (κ3) is 2.75. The van der Waals surface area contributed by atoms with Gasteiger partial charge in [0.15, 0.2) is 0 Å². The van der Waals surface area contributed by atoms with Gasteiger partial charge in [-0.15, -0.1) is 10.2 Å². The average molecular weight is 329 g/mol. The van der Waals surface area contributed by atoms with E-state index in [4.69, 9.17) is 0 Å². The molecular weight excluding hydrogens is 314 g/mol. The van der Waals surface area contributed by atoms with Crippen LogP contribution in [0.1, 0.15) is 31.5 Å². The lowest BCUT2D eigenvalue weighted by Crippen LogP contribution is -2.35. The van der Waals surface area contributed by atoms with E-state index in [1.165, 1.54) is 4.90 Å². The van der Waals surface area contributed by atoms with Gasteiger partial charge < -0.3 is 9.47 Å². The van der Waals surface area contributed by atoms with Gasteiger partial charge in [-0.2, -0.15) is 22.5 Å². The number of nitrogens with zero attached hydrogens (tertiary/aromatic N) is 5. The summed E-state index contributed by atoms with van der Waals surface area (Å²) in [4.78, 5) is 3.88. The first-order valence-corrected chi connectivity index (χ1v) is 7.35. The molecule has 0 aliphatic carbocycles. The van der Waals surface area contributed by atoms with Crippen LogP contribution in [0.3, 0.4) is 0 Å². The van der Waals surface area contributed by atoms with E-state index in [2.05, 4.69) is 15.2 Å². The summed E-state index contributed by atoms with van der Waals surface area (Å²) >= 11 is 0. The van der Waals surface area contributed by atoms with Gasteiger partial charge in [0, 0.05) is 25.6 Å². The van der Waals surface area contributed by atoms with Crippen molar-refractivity contribution in [2.45, 2.75) is 32.2 Å². The van der Waals surface area contributed by atoms with Crippen LogP contribution in [0, 0.1) is 23.5 Å². The second-order valence-corrected chi connectivity index (χ2v) is 5.41. The number of pyridine rings is 1. The van der Waals surface area contributed by atoms with E-state index in [0.29, 0.717) is 12.8 Å². The molecule has 2 aromatic rings. The van der Waals surface area contributed by atoms with Crippen molar-refractivity contribution in [1.82, 2.24) is 19.7 Å². The Hall–Kier alpha value is -2.19. The Bertz CT molecular complexity index is 683. The van der Waals surface area contributed by atoms with E-state index in [-0.39, 0.29) is 19.0 Å². The summed E-state index contributed by atoms with van der Waals surface area (Å²) < 4.78 is 56.0. The number of anilines is 1. The molecule has 124 valence electrons. The minimum Gasteiger partial charge on any atom is -0.366 e. The average Bonchev–Trinajstić information content (AvgIpc) is 3.02. The van der Waals surface area contributed by atoms with Crippen molar-refractivity contribution in [3.63, 3.8) is 0 Å². The zero-order chi connectivity index (χ0) is 16.6. The van der Waals surface area contributed by atoms with Crippen LogP contribution in [-0.2, 0) is 6.54 Å². The van der Waals surface area contributed by atoms with Crippen molar-refractivity contribution in [2.75, 3.05) is 18.0 Å². The van der Waals surface area contributed by atoms with E-state index in [1.54, 1.807) is 6.33 Å². The third-order valence-electron chi connectivity index (χ3n) is 4.14. The van der Waals surface area contributed by atoms with Crippen LogP contribution in [0.15, 0.2) is 6.33 Å². The molecule has 23 heavy (non-hydrogen) atoms. The van der Waals surface area contributed by atoms with Gasteiger partial charge in [0.05, 0.1) is 0 Å². The maximum absolute atomic E-state index is 13.8. The van der Waals surface area contributed by atoms with Crippen molar-refractivity contribution < 1.29 is 17.6 Å². The number of hydrogen-bond acceptors (Lipinski definition) is 4. The highest BCUT2D eigenvalue weighted by atomic mass is 19.2. The molecule has 2 aromatic heterocycles. The number of hydrogen-bond donors (Lipinski definition) is 0. The molecule has 0 radical (unpaired) electrons. The maximum Gasteiger partial charge on any atom is 0.253 e. The molecule has 3 heterocycles. The first-order chi connectivity index (χ1) is 11.0. The highest BCUT2D eigenvalue weighted by Crippen LogP contribution is 2.33. The predicted octanol–water partition coefficient (Wildman–Crippen LogP) is 2.63. The van der Waals surface area contributed by atoms with Crippen molar-refractivity contribution in [3.05, 3.63) is 35.7 Å². The lowest BCUT2D eigenvalue weighted by atomic mass is 9.95. The molecule has 0 bridgehead atoms. The van der Waals surface area contributed by atoms with E-state index >= 15 is 0 Å². The Labute approximate surface area is 130 Å². The van der Waals surface area contributed by atoms with Crippen LogP contribution in [0.4, 0.5) is 23.2 Å². The molecule has 0 amide bonds. The third-order valence-corrected chi connectivity index (χ3v) is 4.14. The first kappa shape index (κ1) is 15.7. The summed E-state index contributed by atoms with van der Waals surface area (Å²) in [7, 11) is 0. The molecule has 1 aliphatic rings. The highest BCUT2D eigenvalue weighted by Gasteiger charge is 2.30. The second-order valence-electron chi connectivity index (χ2n) is 5.41. The molecule has 3 rings (SSSR count). The van der Waals surface area contributed by atoms with Crippen LogP contribution < -0.4 is 4.90 Å². The standard InChI is InChI=1S/C14H15F4N5/c1-2-22-7-19-21-14(22)8-3-5-23(6-4-8)11-9(15)12(17)20-13(18)10(11)16/h7-8H,2-6H2,1H3. The molecule has 0 N–H and O–H groups in total. The fourth-order valence-electron chi connectivity index (χ4n) is 2.94. The Morgan fingerprint density at radius 3 is 2.26 bits per heavy atom. The van der Waals surface area contributed by atoms with Gasteiger partial charge in [-0.1, -0.05) is 0 Å². The van der Waals surface area contributed by atoms with Crippen LogP contribution in [-0.4, -0.2) is 32.8 Å². The van der Waals surface area contributed by atoms with Gasteiger partial charge in [-0.3, -0.25) is 0 Å². The number of aryl methyl sites for hydroxylation is 1. The number of aromatic nitrogens is 4. The maximum atomic E-state index is 13.8. The molecule has 1 fully saturated rings. The fraction of sp³-hybridized carbons (Fsp3) is 0.500. The summed E-state index contributed by atoms with van der Waals surface area (Å²) in [5.41, 5.74) is -0.689. The number of halogens is 4. The molecule has 0 atom stereocenters. The van der Waals surface area contributed by atoms with Gasteiger partial charge in [0.1, 0.15) is 17.8 Å². The van der Waals surface area contributed by atoms with E-state index in [1.807, 2.05) is 11.5 Å². The summed E-state index contributed by atoms with van der Waals surface area (Å²) in [5, 5.41) is 7.96. The summed E-state index contributed by atoms with van der Waals surface area (Å²) in [6, 6.07) is 0. The predicted molar refractivity (Wildman–Crippen MR) is 74.0 cm³/mol. The lowest BCUT2D eigenvalue weighted by molar-refractivity contribution is 0.396. The summed E-state index contributed by atoms with van der Waals surface area (Å²) in [5.74, 6) is -5.27. The second kappa shape index (κ2) is 6.13. The molecule has 0 saturated carbocycles. The summed E-state index contributed by atoms with van der Waals surface area (Å²) in [6.45, 7) is 3.22. The summed E-state index contributed by atoms with van der Waals surface area (Å²) in [6.07, 6.45) is 2.75. The van der Waals surface area contributed by atoms with Crippen LogP contribution in [0.25, 0.3) is 0 Å². The van der Waals surface area contributed by atoms with Crippen LogP contribution >= 0.6 is 0 Å². The monoisotopic (exact) mass is 329 g/mol. The van der Waals surface area contributed by atoms with E-state index < -0.39 is 29.2 Å². The smallest absolute Gasteiger partial charge is 0.253 e. The molecule has 0 aromatic carbocycles. The number of rotatable bonds is 3. The van der Waals surface area contributed by atoms with Crippen molar-refractivity contribution in [1.29, 1.82) is 0 Å². The zero-order valence-electron chi connectivity index (χ0n) is 12.4. The van der Waals surface area contributed by atoms with Gasteiger partial charge >= 0.3 is 0 Å². The highest BCUT2D eigenvalue weighted by molar-refractivity contribution is 5.49. The Kier molecular flexibility index (Phi) is 4.18. The van der Waals surface area contributed by atoms with Gasteiger partial charge in [0.2, 0.25) is 11.6 Å². The number of piperidine rings is 1. The van der Waals surface area contributed by atoms with E-state index in [0.717, 1.165) is 12.4 Å². The minimum absolute atomic E-state index is 0.0938. The molecule has 1 aliphatic heterocycles. The quantitative estimate of drug-likeness (QED) is 0.642. The molecule has 0 unspecified atom stereocenters. The van der Waals surface area contributed by atoms with Crippen molar-refractivity contribution in [2.24, 2.45) is 0 Å². The molecular formula is C14H15F4N5. The minimum atomic E-state index is -1.63. The molecule has 5 nitrogen and oxygen atoms in total. The van der Waals surface area contributed by atoms with Gasteiger partial charge in [-0.05, 0) is 19.8 Å². The van der Waals surface area contributed by atoms with Gasteiger partial charge in [0.25, 0.3) is 11.9 Å². The lowest BCUT2D eigenvalue weighted by Gasteiger charge is -2.33. The zero-order valence-corrected chi connectivity index (χ0v) is 12.4. The van der Waals surface area contributed by atoms with Gasteiger partial charge in [-0.25, -0.2) is 0 Å². The van der Waals surface area contributed by atoms with Crippen LogP contribution in [0.5, 0.6) is 0 Å². The Morgan fingerprint density at radius 1 is 1.09 bits per heavy atom.